The van der Waals surface area contributed by atoms with Crippen LogP contribution in [0, 0.1) is 6.92 Å². The van der Waals surface area contributed by atoms with Crippen LogP contribution in [0.1, 0.15) is 36.7 Å². The smallest absolute Gasteiger partial charge is 0.321 e. The van der Waals surface area contributed by atoms with Gasteiger partial charge < -0.3 is 15.1 Å². The van der Waals surface area contributed by atoms with E-state index in [9.17, 15) is 9.59 Å². The molecule has 5 heteroatoms. The number of hydrogen-bond acceptors (Lipinski definition) is 3. The Morgan fingerprint density at radius 1 is 1.18 bits per heavy atom. The van der Waals surface area contributed by atoms with Gasteiger partial charge in [0.15, 0.2) is 5.78 Å². The molecule has 22 heavy (non-hydrogen) atoms. The highest BCUT2D eigenvalue weighted by Crippen LogP contribution is 2.16. The van der Waals surface area contributed by atoms with E-state index in [1.807, 2.05) is 40.9 Å². The Labute approximate surface area is 133 Å². The molecule has 2 amide bonds. The SMILES string of the molecule is CC(=O)c1ccc(NC(=O)N(CCN(C)C)C(C)C)cc1C. The number of rotatable bonds is 6. The lowest BCUT2D eigenvalue weighted by Gasteiger charge is -2.28. The highest BCUT2D eigenvalue weighted by Gasteiger charge is 2.17. The third-order valence-corrected chi connectivity index (χ3v) is 3.53. The summed E-state index contributed by atoms with van der Waals surface area (Å²) in [6, 6.07) is 5.36. The van der Waals surface area contributed by atoms with E-state index in [2.05, 4.69) is 10.2 Å². The molecule has 0 spiro atoms. The van der Waals surface area contributed by atoms with Crippen molar-refractivity contribution in [2.24, 2.45) is 0 Å². The molecule has 0 aromatic heterocycles. The van der Waals surface area contributed by atoms with E-state index in [1.54, 1.807) is 24.0 Å². The largest absolute Gasteiger partial charge is 0.322 e. The van der Waals surface area contributed by atoms with Gasteiger partial charge in [0.25, 0.3) is 0 Å². The maximum atomic E-state index is 12.4. The molecule has 0 aliphatic rings. The first-order chi connectivity index (χ1) is 10.2. The monoisotopic (exact) mass is 305 g/mol. The third-order valence-electron chi connectivity index (χ3n) is 3.53. The predicted octanol–water partition coefficient (Wildman–Crippen LogP) is 3.00. The van der Waals surface area contributed by atoms with E-state index in [4.69, 9.17) is 0 Å². The second-order valence-electron chi connectivity index (χ2n) is 6.11. The van der Waals surface area contributed by atoms with Gasteiger partial charge >= 0.3 is 6.03 Å². The summed E-state index contributed by atoms with van der Waals surface area (Å²) in [5, 5.41) is 2.91. The van der Waals surface area contributed by atoms with Crippen LogP contribution < -0.4 is 5.32 Å². The van der Waals surface area contributed by atoms with Crippen LogP contribution in [-0.4, -0.2) is 54.8 Å². The number of carbonyl (C=O) groups excluding carboxylic acids is 2. The maximum Gasteiger partial charge on any atom is 0.322 e. The average Bonchev–Trinajstić information content (AvgIpc) is 2.37. The number of urea groups is 1. The minimum absolute atomic E-state index is 0.0326. The fourth-order valence-corrected chi connectivity index (χ4v) is 2.23. The summed E-state index contributed by atoms with van der Waals surface area (Å²) in [5.74, 6) is 0.0326. The number of carbonyl (C=O) groups is 2. The molecule has 0 aliphatic carbocycles. The predicted molar refractivity (Wildman–Crippen MR) is 90.6 cm³/mol. The summed E-state index contributed by atoms with van der Waals surface area (Å²) >= 11 is 0. The number of benzene rings is 1. The van der Waals surface area contributed by atoms with E-state index in [1.165, 1.54) is 0 Å². The zero-order chi connectivity index (χ0) is 16.9. The molecule has 1 aromatic rings. The molecule has 1 N–H and O–H groups in total. The number of Topliss-reactive ketones (excluding diaryl/α,β-unsaturated/α-hetero) is 1. The van der Waals surface area contributed by atoms with Crippen LogP contribution in [0.25, 0.3) is 0 Å². The molecule has 0 atom stereocenters. The zero-order valence-corrected chi connectivity index (χ0v) is 14.4. The average molecular weight is 305 g/mol. The number of likely N-dealkylation sites (N-methyl/N-ethyl adjacent to an activating group) is 1. The second kappa shape index (κ2) is 7.94. The lowest BCUT2D eigenvalue weighted by atomic mass is 10.1. The van der Waals surface area contributed by atoms with Gasteiger partial charge in [0.05, 0.1) is 0 Å². The minimum atomic E-state index is -0.119. The fraction of sp³-hybridized carbons (Fsp3) is 0.529. The third kappa shape index (κ3) is 5.15. The number of anilines is 1. The number of aryl methyl sites for hydroxylation is 1. The van der Waals surface area contributed by atoms with Crippen molar-refractivity contribution in [2.45, 2.75) is 33.7 Å². The maximum absolute atomic E-state index is 12.4. The summed E-state index contributed by atoms with van der Waals surface area (Å²) in [6.45, 7) is 8.90. The minimum Gasteiger partial charge on any atom is -0.321 e. The van der Waals surface area contributed by atoms with Crippen LogP contribution in [0.4, 0.5) is 10.5 Å². The standard InChI is InChI=1S/C17H27N3O2/c1-12(2)20(10-9-19(5)6)17(22)18-15-7-8-16(14(4)21)13(3)11-15/h7-8,11-12H,9-10H2,1-6H3,(H,18,22). The van der Waals surface area contributed by atoms with Gasteiger partial charge in [0.1, 0.15) is 0 Å². The molecule has 122 valence electrons. The normalized spacial score (nSPS) is 10.9. The molecular formula is C17H27N3O2. The van der Waals surface area contributed by atoms with Gasteiger partial charge in [0, 0.05) is 30.4 Å². The van der Waals surface area contributed by atoms with E-state index in [0.29, 0.717) is 17.8 Å². The summed E-state index contributed by atoms with van der Waals surface area (Å²) in [6.07, 6.45) is 0. The quantitative estimate of drug-likeness (QED) is 0.822. The first-order valence-electron chi connectivity index (χ1n) is 7.56. The summed E-state index contributed by atoms with van der Waals surface area (Å²) in [4.78, 5) is 27.7. The Balaban J connectivity index is 2.81. The van der Waals surface area contributed by atoms with E-state index in [-0.39, 0.29) is 17.9 Å². The van der Waals surface area contributed by atoms with E-state index >= 15 is 0 Å². The van der Waals surface area contributed by atoms with Crippen molar-refractivity contribution in [1.82, 2.24) is 9.80 Å². The molecule has 5 nitrogen and oxygen atoms in total. The van der Waals surface area contributed by atoms with Crippen LogP contribution in [0.5, 0.6) is 0 Å². The number of ketones is 1. The zero-order valence-electron chi connectivity index (χ0n) is 14.4. The number of amides is 2. The van der Waals surface area contributed by atoms with Crippen molar-refractivity contribution in [2.75, 3.05) is 32.5 Å². The van der Waals surface area contributed by atoms with Crippen molar-refractivity contribution >= 4 is 17.5 Å². The van der Waals surface area contributed by atoms with Crippen LogP contribution in [-0.2, 0) is 0 Å². The van der Waals surface area contributed by atoms with Crippen LogP contribution in [0.15, 0.2) is 18.2 Å². The van der Waals surface area contributed by atoms with Crippen LogP contribution in [0.2, 0.25) is 0 Å². The number of nitrogens with one attached hydrogen (secondary N) is 1. The Morgan fingerprint density at radius 2 is 1.82 bits per heavy atom. The molecule has 0 unspecified atom stereocenters. The van der Waals surface area contributed by atoms with Crippen molar-refractivity contribution < 1.29 is 9.59 Å². The summed E-state index contributed by atoms with van der Waals surface area (Å²) in [5.41, 5.74) is 2.27. The van der Waals surface area contributed by atoms with Crippen LogP contribution in [0.3, 0.4) is 0 Å². The van der Waals surface area contributed by atoms with Gasteiger partial charge in [-0.05, 0) is 65.6 Å². The second-order valence-corrected chi connectivity index (χ2v) is 6.11. The molecule has 1 rings (SSSR count). The van der Waals surface area contributed by atoms with Gasteiger partial charge in [0.2, 0.25) is 0 Å². The molecule has 0 heterocycles. The van der Waals surface area contributed by atoms with Crippen molar-refractivity contribution in [3.63, 3.8) is 0 Å². The van der Waals surface area contributed by atoms with E-state index in [0.717, 1.165) is 12.1 Å². The summed E-state index contributed by atoms with van der Waals surface area (Å²) < 4.78 is 0. The highest BCUT2D eigenvalue weighted by molar-refractivity contribution is 5.97. The van der Waals surface area contributed by atoms with Gasteiger partial charge in [-0.3, -0.25) is 4.79 Å². The Morgan fingerprint density at radius 3 is 2.27 bits per heavy atom. The molecule has 0 aliphatic heterocycles. The fourth-order valence-electron chi connectivity index (χ4n) is 2.23. The van der Waals surface area contributed by atoms with Gasteiger partial charge in [-0.2, -0.15) is 0 Å². The van der Waals surface area contributed by atoms with Crippen molar-refractivity contribution in [3.05, 3.63) is 29.3 Å². The van der Waals surface area contributed by atoms with Crippen molar-refractivity contribution in [1.29, 1.82) is 0 Å². The van der Waals surface area contributed by atoms with E-state index < -0.39 is 0 Å². The molecular weight excluding hydrogens is 278 g/mol. The Bertz CT molecular complexity index is 539. The molecule has 0 saturated carbocycles. The number of nitrogens with zero attached hydrogens (tertiary/aromatic N) is 2. The Hall–Kier alpha value is -1.88. The Kier molecular flexibility index (Phi) is 6.56. The first kappa shape index (κ1) is 18.2. The molecule has 0 fully saturated rings. The topological polar surface area (TPSA) is 52.7 Å². The van der Waals surface area contributed by atoms with Gasteiger partial charge in [-0.1, -0.05) is 0 Å². The lowest BCUT2D eigenvalue weighted by molar-refractivity contribution is 0.101. The van der Waals surface area contributed by atoms with Crippen molar-refractivity contribution in [3.8, 4) is 0 Å². The number of hydrogen-bond donors (Lipinski definition) is 1. The first-order valence-corrected chi connectivity index (χ1v) is 7.56. The summed E-state index contributed by atoms with van der Waals surface area (Å²) in [7, 11) is 3.97. The molecule has 0 bridgehead atoms. The van der Waals surface area contributed by atoms with Crippen LogP contribution >= 0.6 is 0 Å². The van der Waals surface area contributed by atoms with Gasteiger partial charge in [-0.25, -0.2) is 4.79 Å². The molecule has 0 saturated heterocycles. The lowest BCUT2D eigenvalue weighted by Crippen LogP contribution is -2.43. The molecule has 0 radical (unpaired) electrons. The van der Waals surface area contributed by atoms with Gasteiger partial charge in [-0.15, -0.1) is 0 Å². The molecule has 1 aromatic carbocycles. The highest BCUT2D eigenvalue weighted by atomic mass is 16.2.